The van der Waals surface area contributed by atoms with E-state index in [-0.39, 0.29) is 6.04 Å². The molecule has 3 N–H and O–H groups in total. The summed E-state index contributed by atoms with van der Waals surface area (Å²) in [6.45, 7) is 2.38. The first-order valence-electron chi connectivity index (χ1n) is 6.03. The topological polar surface area (TPSA) is 81.8 Å². The molecule has 98 valence electrons. The maximum atomic E-state index is 11.0. The van der Waals surface area contributed by atoms with Gasteiger partial charge in [-0.15, -0.1) is 0 Å². The molecule has 18 heavy (non-hydrogen) atoms. The van der Waals surface area contributed by atoms with E-state index in [1.807, 2.05) is 13.0 Å². The zero-order valence-corrected chi connectivity index (χ0v) is 10.3. The van der Waals surface area contributed by atoms with Gasteiger partial charge in [0.15, 0.2) is 6.10 Å². The van der Waals surface area contributed by atoms with E-state index in [2.05, 4.69) is 0 Å². The van der Waals surface area contributed by atoms with Gasteiger partial charge in [0.05, 0.1) is 6.04 Å². The lowest BCUT2D eigenvalue weighted by atomic mass is 10.1. The van der Waals surface area contributed by atoms with Crippen LogP contribution in [0.1, 0.15) is 31.4 Å². The maximum Gasteiger partial charge on any atom is 0.344 e. The summed E-state index contributed by atoms with van der Waals surface area (Å²) in [5, 5.41) is 9.02. The van der Waals surface area contributed by atoms with E-state index in [1.54, 1.807) is 12.1 Å². The molecule has 5 heteroatoms. The number of fused-ring (bicyclic) bond motifs is 1. The molecule has 0 radical (unpaired) electrons. The van der Waals surface area contributed by atoms with Gasteiger partial charge in [-0.3, -0.25) is 0 Å². The molecule has 0 aliphatic carbocycles. The van der Waals surface area contributed by atoms with E-state index in [0.29, 0.717) is 24.5 Å². The summed E-state index contributed by atoms with van der Waals surface area (Å²) in [7, 11) is 0. The second kappa shape index (κ2) is 5.27. The Balaban J connectivity index is 2.12. The zero-order valence-electron chi connectivity index (χ0n) is 10.3. The van der Waals surface area contributed by atoms with Gasteiger partial charge in [-0.05, 0) is 18.6 Å². The molecular weight excluding hydrogens is 234 g/mol. The molecule has 1 aromatic carbocycles. The SMILES string of the molecule is CCCC(Oc1ccc2c(c1)OCC2N)C(=O)O. The molecule has 0 spiro atoms. The van der Waals surface area contributed by atoms with Gasteiger partial charge >= 0.3 is 5.97 Å². The average Bonchev–Trinajstić information content (AvgIpc) is 2.70. The number of ether oxygens (including phenoxy) is 2. The van der Waals surface area contributed by atoms with Crippen molar-refractivity contribution in [1.82, 2.24) is 0 Å². The van der Waals surface area contributed by atoms with Gasteiger partial charge in [-0.25, -0.2) is 4.79 Å². The van der Waals surface area contributed by atoms with Gasteiger partial charge in [0.1, 0.15) is 18.1 Å². The molecule has 0 bridgehead atoms. The minimum atomic E-state index is -0.949. The molecule has 2 rings (SSSR count). The van der Waals surface area contributed by atoms with Crippen molar-refractivity contribution in [2.24, 2.45) is 5.73 Å². The molecule has 1 aromatic rings. The second-order valence-corrected chi connectivity index (χ2v) is 4.35. The number of aliphatic carboxylic acids is 1. The fraction of sp³-hybridized carbons (Fsp3) is 0.462. The van der Waals surface area contributed by atoms with Crippen LogP contribution in [0.25, 0.3) is 0 Å². The largest absolute Gasteiger partial charge is 0.491 e. The molecule has 1 heterocycles. The van der Waals surface area contributed by atoms with Gasteiger partial charge in [-0.2, -0.15) is 0 Å². The Bertz CT molecular complexity index is 447. The van der Waals surface area contributed by atoms with Crippen LogP contribution in [0.5, 0.6) is 11.5 Å². The first-order valence-corrected chi connectivity index (χ1v) is 6.03. The molecule has 0 amide bonds. The summed E-state index contributed by atoms with van der Waals surface area (Å²) in [6.07, 6.45) is 0.416. The highest BCUT2D eigenvalue weighted by atomic mass is 16.5. The Labute approximate surface area is 106 Å². The predicted octanol–water partition coefficient (Wildman–Crippen LogP) is 1.71. The third kappa shape index (κ3) is 2.56. The molecule has 2 unspecified atom stereocenters. The van der Waals surface area contributed by atoms with E-state index in [0.717, 1.165) is 12.0 Å². The Kier molecular flexibility index (Phi) is 3.72. The van der Waals surface area contributed by atoms with Crippen molar-refractivity contribution < 1.29 is 19.4 Å². The highest BCUT2D eigenvalue weighted by Crippen LogP contribution is 2.34. The lowest BCUT2D eigenvalue weighted by molar-refractivity contribution is -0.145. The number of hydrogen-bond acceptors (Lipinski definition) is 4. The Morgan fingerprint density at radius 3 is 3.11 bits per heavy atom. The summed E-state index contributed by atoms with van der Waals surface area (Å²) < 4.78 is 10.9. The van der Waals surface area contributed by atoms with Crippen molar-refractivity contribution in [3.63, 3.8) is 0 Å². The molecule has 1 aliphatic rings. The number of carboxylic acid groups (broad SMARTS) is 1. The molecule has 0 fully saturated rings. The van der Waals surface area contributed by atoms with Crippen LogP contribution in [0, 0.1) is 0 Å². The van der Waals surface area contributed by atoms with Crippen LogP contribution < -0.4 is 15.2 Å². The number of benzene rings is 1. The van der Waals surface area contributed by atoms with E-state index in [4.69, 9.17) is 20.3 Å². The first-order chi connectivity index (χ1) is 8.61. The van der Waals surface area contributed by atoms with Crippen molar-refractivity contribution >= 4 is 5.97 Å². The predicted molar refractivity (Wildman–Crippen MR) is 65.8 cm³/mol. The third-order valence-electron chi connectivity index (χ3n) is 2.91. The second-order valence-electron chi connectivity index (χ2n) is 4.35. The number of nitrogens with two attached hydrogens (primary N) is 1. The van der Waals surface area contributed by atoms with Gasteiger partial charge in [0, 0.05) is 11.6 Å². The highest BCUT2D eigenvalue weighted by Gasteiger charge is 2.23. The fourth-order valence-corrected chi connectivity index (χ4v) is 1.95. The lowest BCUT2D eigenvalue weighted by Gasteiger charge is -2.14. The van der Waals surface area contributed by atoms with E-state index < -0.39 is 12.1 Å². The quantitative estimate of drug-likeness (QED) is 0.832. The zero-order chi connectivity index (χ0) is 13.1. The monoisotopic (exact) mass is 251 g/mol. The van der Waals surface area contributed by atoms with Crippen LogP contribution in [0.4, 0.5) is 0 Å². The summed E-state index contributed by atoms with van der Waals surface area (Å²) >= 11 is 0. The number of hydrogen-bond donors (Lipinski definition) is 2. The molecule has 5 nitrogen and oxygen atoms in total. The fourth-order valence-electron chi connectivity index (χ4n) is 1.95. The van der Waals surface area contributed by atoms with Gasteiger partial charge in [-0.1, -0.05) is 13.3 Å². The molecule has 0 aromatic heterocycles. The van der Waals surface area contributed by atoms with Gasteiger partial charge in [0.25, 0.3) is 0 Å². The molecule has 0 saturated carbocycles. The smallest absolute Gasteiger partial charge is 0.344 e. The molecule has 2 atom stereocenters. The Morgan fingerprint density at radius 1 is 1.67 bits per heavy atom. The Hall–Kier alpha value is -1.75. The van der Waals surface area contributed by atoms with E-state index in [1.165, 1.54) is 0 Å². The van der Waals surface area contributed by atoms with Crippen molar-refractivity contribution in [2.75, 3.05) is 6.61 Å². The standard InChI is InChI=1S/C13H17NO4/c1-2-3-11(13(15)16)18-8-4-5-9-10(14)7-17-12(9)6-8/h4-6,10-11H,2-3,7,14H2,1H3,(H,15,16). The van der Waals surface area contributed by atoms with Crippen LogP contribution in [-0.4, -0.2) is 23.8 Å². The van der Waals surface area contributed by atoms with Crippen LogP contribution in [0.3, 0.4) is 0 Å². The minimum absolute atomic E-state index is 0.111. The number of carbonyl (C=O) groups is 1. The van der Waals surface area contributed by atoms with Crippen LogP contribution >= 0.6 is 0 Å². The van der Waals surface area contributed by atoms with Crippen molar-refractivity contribution in [3.05, 3.63) is 23.8 Å². The molecule has 1 aliphatic heterocycles. The summed E-state index contributed by atoms with van der Waals surface area (Å²) in [6, 6.07) is 5.15. The molecular formula is C13H17NO4. The van der Waals surface area contributed by atoms with Gasteiger partial charge in [0.2, 0.25) is 0 Å². The van der Waals surface area contributed by atoms with Crippen molar-refractivity contribution in [2.45, 2.75) is 31.9 Å². The summed E-state index contributed by atoms with van der Waals surface area (Å²) in [4.78, 5) is 11.0. The van der Waals surface area contributed by atoms with E-state index in [9.17, 15) is 4.79 Å². The average molecular weight is 251 g/mol. The highest BCUT2D eigenvalue weighted by molar-refractivity contribution is 5.72. The summed E-state index contributed by atoms with van der Waals surface area (Å²) in [5.41, 5.74) is 6.77. The van der Waals surface area contributed by atoms with Crippen molar-refractivity contribution in [1.29, 1.82) is 0 Å². The van der Waals surface area contributed by atoms with E-state index >= 15 is 0 Å². The van der Waals surface area contributed by atoms with Crippen LogP contribution in [0.2, 0.25) is 0 Å². The Morgan fingerprint density at radius 2 is 2.44 bits per heavy atom. The minimum Gasteiger partial charge on any atom is -0.491 e. The normalized spacial score (nSPS) is 18.9. The van der Waals surface area contributed by atoms with Crippen LogP contribution in [0.15, 0.2) is 18.2 Å². The maximum absolute atomic E-state index is 11.0. The summed E-state index contributed by atoms with van der Waals surface area (Å²) in [5.74, 6) is 0.235. The third-order valence-corrected chi connectivity index (χ3v) is 2.91. The van der Waals surface area contributed by atoms with Crippen LogP contribution in [-0.2, 0) is 4.79 Å². The number of rotatable bonds is 5. The molecule has 0 saturated heterocycles. The lowest BCUT2D eigenvalue weighted by Crippen LogP contribution is -2.26. The first kappa shape index (κ1) is 12.7. The van der Waals surface area contributed by atoms with Crippen molar-refractivity contribution in [3.8, 4) is 11.5 Å². The van der Waals surface area contributed by atoms with Gasteiger partial charge < -0.3 is 20.3 Å². The number of carboxylic acids is 1.